The predicted octanol–water partition coefficient (Wildman–Crippen LogP) is 3.76. The number of furan rings is 1. The van der Waals surface area contributed by atoms with Crippen molar-refractivity contribution in [3.8, 4) is 11.5 Å². The zero-order valence-corrected chi connectivity index (χ0v) is 13.4. The first-order valence-corrected chi connectivity index (χ1v) is 7.78. The summed E-state index contributed by atoms with van der Waals surface area (Å²) in [7, 11) is 0. The minimum atomic E-state index is -0.464. The fourth-order valence-electron chi connectivity index (χ4n) is 1.98. The molecule has 0 saturated carbocycles. The molecule has 0 spiro atoms. The van der Waals surface area contributed by atoms with Gasteiger partial charge in [0.15, 0.2) is 6.61 Å². The fraction of sp³-hybridized carbons (Fsp3) is 0.188. The molecule has 7 heteroatoms. The Morgan fingerprint density at radius 1 is 1.35 bits per heavy atom. The van der Waals surface area contributed by atoms with Crippen LogP contribution in [0.5, 0.6) is 0 Å². The number of hydrogen-bond donors (Lipinski definition) is 0. The lowest BCUT2D eigenvalue weighted by Gasteiger charge is -1.96. The highest BCUT2D eigenvalue weighted by molar-refractivity contribution is 7.10. The molecule has 0 radical (unpaired) electrons. The summed E-state index contributed by atoms with van der Waals surface area (Å²) in [4.78, 5) is 12.6. The van der Waals surface area contributed by atoms with Crippen LogP contribution < -0.4 is 0 Å². The summed E-state index contributed by atoms with van der Waals surface area (Å²) in [5.74, 6) is 1.58. The van der Waals surface area contributed by atoms with Crippen LogP contribution in [0.25, 0.3) is 17.5 Å². The van der Waals surface area contributed by atoms with Crippen molar-refractivity contribution in [2.45, 2.75) is 20.5 Å². The van der Waals surface area contributed by atoms with Crippen molar-refractivity contribution in [3.63, 3.8) is 0 Å². The van der Waals surface area contributed by atoms with E-state index in [1.807, 2.05) is 37.4 Å². The molecule has 0 saturated heterocycles. The molecule has 3 aromatic heterocycles. The third-order valence-electron chi connectivity index (χ3n) is 3.00. The Kier molecular flexibility index (Phi) is 4.38. The number of aryl methyl sites for hydroxylation is 2. The van der Waals surface area contributed by atoms with Gasteiger partial charge in [-0.25, -0.2) is 4.79 Å². The van der Waals surface area contributed by atoms with E-state index >= 15 is 0 Å². The number of rotatable bonds is 5. The number of thiophene rings is 1. The van der Waals surface area contributed by atoms with Crippen molar-refractivity contribution in [2.24, 2.45) is 0 Å². The molecule has 3 heterocycles. The standard InChI is InChI=1S/C16H14N2O4S/c1-10-8-13(11(2)21-10)16-18-17-14(22-16)9-20-15(19)6-5-12-4-3-7-23-12/h3-8H,9H2,1-2H3/b6-5+. The van der Waals surface area contributed by atoms with E-state index in [4.69, 9.17) is 13.6 Å². The van der Waals surface area contributed by atoms with E-state index in [1.165, 1.54) is 17.4 Å². The molecular weight excluding hydrogens is 316 g/mol. The molecule has 0 aliphatic rings. The summed E-state index contributed by atoms with van der Waals surface area (Å²) in [6, 6.07) is 5.64. The zero-order chi connectivity index (χ0) is 16.2. The van der Waals surface area contributed by atoms with Gasteiger partial charge in [-0.15, -0.1) is 21.5 Å². The Hall–Kier alpha value is -2.67. The third kappa shape index (κ3) is 3.75. The quantitative estimate of drug-likeness (QED) is 0.523. The number of ether oxygens (including phenoxy) is 1. The average Bonchev–Trinajstić information content (AvgIpc) is 3.24. The van der Waals surface area contributed by atoms with Crippen molar-refractivity contribution >= 4 is 23.4 Å². The van der Waals surface area contributed by atoms with Crippen molar-refractivity contribution < 1.29 is 18.4 Å². The number of carbonyl (C=O) groups is 1. The SMILES string of the molecule is Cc1cc(-c2nnc(COC(=O)/C=C/c3cccs3)o2)c(C)o1. The van der Waals surface area contributed by atoms with Gasteiger partial charge in [0, 0.05) is 11.0 Å². The van der Waals surface area contributed by atoms with Crippen LogP contribution in [0.15, 0.2) is 38.5 Å². The summed E-state index contributed by atoms with van der Waals surface area (Å²) in [5, 5.41) is 9.74. The first-order valence-electron chi connectivity index (χ1n) is 6.90. The molecule has 0 aliphatic heterocycles. The molecule has 3 rings (SSSR count). The van der Waals surface area contributed by atoms with Crippen LogP contribution in [0.4, 0.5) is 0 Å². The molecule has 0 fully saturated rings. The molecule has 0 aromatic carbocycles. The Labute approximate surface area is 136 Å². The number of carbonyl (C=O) groups excluding carboxylic acids is 1. The van der Waals surface area contributed by atoms with E-state index in [2.05, 4.69) is 10.2 Å². The van der Waals surface area contributed by atoms with Gasteiger partial charge in [-0.1, -0.05) is 6.07 Å². The second-order valence-corrected chi connectivity index (χ2v) is 5.76. The molecule has 0 amide bonds. The van der Waals surface area contributed by atoms with Crippen LogP contribution in [-0.2, 0) is 16.1 Å². The van der Waals surface area contributed by atoms with E-state index in [-0.39, 0.29) is 12.5 Å². The van der Waals surface area contributed by atoms with E-state index in [1.54, 1.807) is 6.08 Å². The van der Waals surface area contributed by atoms with Crippen molar-refractivity contribution in [2.75, 3.05) is 0 Å². The zero-order valence-electron chi connectivity index (χ0n) is 12.6. The van der Waals surface area contributed by atoms with Crippen LogP contribution in [-0.4, -0.2) is 16.2 Å². The molecular formula is C16H14N2O4S. The van der Waals surface area contributed by atoms with Gasteiger partial charge in [0.05, 0.1) is 5.56 Å². The Morgan fingerprint density at radius 2 is 2.22 bits per heavy atom. The lowest BCUT2D eigenvalue weighted by molar-refractivity contribution is -0.139. The van der Waals surface area contributed by atoms with Gasteiger partial charge in [0.2, 0.25) is 0 Å². The number of aromatic nitrogens is 2. The van der Waals surface area contributed by atoms with Gasteiger partial charge in [0.1, 0.15) is 11.5 Å². The minimum absolute atomic E-state index is 0.0729. The molecule has 3 aromatic rings. The van der Waals surface area contributed by atoms with Crippen LogP contribution in [0.2, 0.25) is 0 Å². The van der Waals surface area contributed by atoms with Gasteiger partial charge >= 0.3 is 5.97 Å². The minimum Gasteiger partial charge on any atom is -0.466 e. The van der Waals surface area contributed by atoms with Crippen molar-refractivity contribution in [3.05, 3.63) is 51.9 Å². The van der Waals surface area contributed by atoms with Crippen LogP contribution in [0.1, 0.15) is 22.3 Å². The van der Waals surface area contributed by atoms with E-state index in [0.717, 1.165) is 16.2 Å². The molecule has 23 heavy (non-hydrogen) atoms. The maximum Gasteiger partial charge on any atom is 0.331 e. The molecule has 118 valence electrons. The van der Waals surface area contributed by atoms with Gasteiger partial charge in [0.25, 0.3) is 11.8 Å². The lowest BCUT2D eigenvalue weighted by Crippen LogP contribution is -2.00. The maximum atomic E-state index is 11.6. The number of nitrogens with zero attached hydrogens (tertiary/aromatic N) is 2. The van der Waals surface area contributed by atoms with E-state index < -0.39 is 5.97 Å². The summed E-state index contributed by atoms with van der Waals surface area (Å²) in [6.07, 6.45) is 3.07. The number of esters is 1. The summed E-state index contributed by atoms with van der Waals surface area (Å²) >= 11 is 1.54. The van der Waals surface area contributed by atoms with Crippen molar-refractivity contribution in [1.29, 1.82) is 0 Å². The third-order valence-corrected chi connectivity index (χ3v) is 3.84. The molecule has 0 N–H and O–H groups in total. The highest BCUT2D eigenvalue weighted by atomic mass is 32.1. The summed E-state index contributed by atoms with van der Waals surface area (Å²) in [5.41, 5.74) is 0.741. The Bertz CT molecular complexity index is 830. The predicted molar refractivity (Wildman–Crippen MR) is 84.6 cm³/mol. The number of hydrogen-bond acceptors (Lipinski definition) is 7. The van der Waals surface area contributed by atoms with E-state index in [9.17, 15) is 4.79 Å². The molecule has 6 nitrogen and oxygen atoms in total. The van der Waals surface area contributed by atoms with Gasteiger partial charge in [-0.3, -0.25) is 0 Å². The first kappa shape index (κ1) is 15.2. The Morgan fingerprint density at radius 3 is 2.91 bits per heavy atom. The maximum absolute atomic E-state index is 11.6. The van der Waals surface area contributed by atoms with Crippen LogP contribution in [0, 0.1) is 13.8 Å². The highest BCUT2D eigenvalue weighted by Gasteiger charge is 2.15. The molecule has 0 aliphatic carbocycles. The molecule has 0 bridgehead atoms. The Balaban J connectivity index is 1.59. The topological polar surface area (TPSA) is 78.4 Å². The first-order chi connectivity index (χ1) is 11.1. The van der Waals surface area contributed by atoms with E-state index in [0.29, 0.717) is 11.7 Å². The van der Waals surface area contributed by atoms with Crippen LogP contribution in [0.3, 0.4) is 0 Å². The average molecular weight is 330 g/mol. The summed E-state index contributed by atoms with van der Waals surface area (Å²) in [6.45, 7) is 3.59. The van der Waals surface area contributed by atoms with Gasteiger partial charge in [-0.2, -0.15) is 0 Å². The normalized spacial score (nSPS) is 11.2. The molecule has 0 unspecified atom stereocenters. The second kappa shape index (κ2) is 6.62. The van der Waals surface area contributed by atoms with Gasteiger partial charge < -0.3 is 13.6 Å². The second-order valence-electron chi connectivity index (χ2n) is 4.78. The highest BCUT2D eigenvalue weighted by Crippen LogP contribution is 2.25. The molecule has 0 atom stereocenters. The summed E-state index contributed by atoms with van der Waals surface area (Å²) < 4.78 is 16.0. The van der Waals surface area contributed by atoms with Gasteiger partial charge in [-0.05, 0) is 37.4 Å². The van der Waals surface area contributed by atoms with Crippen LogP contribution >= 0.6 is 11.3 Å². The fourth-order valence-corrected chi connectivity index (χ4v) is 2.60. The monoisotopic (exact) mass is 330 g/mol. The lowest BCUT2D eigenvalue weighted by atomic mass is 10.2. The smallest absolute Gasteiger partial charge is 0.331 e. The largest absolute Gasteiger partial charge is 0.466 e. The van der Waals surface area contributed by atoms with Crippen molar-refractivity contribution in [1.82, 2.24) is 10.2 Å².